The predicted molar refractivity (Wildman–Crippen MR) is 102 cm³/mol. The van der Waals surface area contributed by atoms with Gasteiger partial charge in [-0.3, -0.25) is 9.59 Å². The molecule has 25 heavy (non-hydrogen) atoms. The van der Waals surface area contributed by atoms with Gasteiger partial charge in [0.25, 0.3) is 0 Å². The van der Waals surface area contributed by atoms with E-state index < -0.39 is 0 Å². The van der Waals surface area contributed by atoms with Crippen molar-refractivity contribution in [2.24, 2.45) is 0 Å². The van der Waals surface area contributed by atoms with Crippen molar-refractivity contribution >= 4 is 17.5 Å². The number of amides is 2. The van der Waals surface area contributed by atoms with Gasteiger partial charge in [-0.15, -0.1) is 0 Å². The van der Waals surface area contributed by atoms with Gasteiger partial charge in [0.2, 0.25) is 11.8 Å². The number of aryl methyl sites for hydroxylation is 3. The zero-order valence-electron chi connectivity index (χ0n) is 15.4. The molecule has 0 aliphatic carbocycles. The number of carbonyl (C=O) groups is 2. The zero-order chi connectivity index (χ0) is 18.4. The van der Waals surface area contributed by atoms with Gasteiger partial charge < -0.3 is 10.2 Å². The highest BCUT2D eigenvalue weighted by Gasteiger charge is 2.19. The van der Waals surface area contributed by atoms with Crippen molar-refractivity contribution in [3.63, 3.8) is 0 Å². The van der Waals surface area contributed by atoms with Crippen LogP contribution in [0.5, 0.6) is 0 Å². The van der Waals surface area contributed by atoms with Gasteiger partial charge in [-0.25, -0.2) is 0 Å². The lowest BCUT2D eigenvalue weighted by molar-refractivity contribution is -0.123. The van der Waals surface area contributed by atoms with Crippen molar-refractivity contribution in [3.8, 4) is 0 Å². The van der Waals surface area contributed by atoms with Crippen molar-refractivity contribution in [2.75, 3.05) is 11.4 Å². The van der Waals surface area contributed by atoms with Gasteiger partial charge in [0.05, 0.1) is 5.69 Å². The second kappa shape index (κ2) is 8.47. The van der Waals surface area contributed by atoms with Gasteiger partial charge >= 0.3 is 0 Å². The number of rotatable bonds is 6. The molecule has 0 unspecified atom stereocenters. The molecule has 2 aromatic carbocycles. The third-order valence-corrected chi connectivity index (χ3v) is 4.26. The lowest BCUT2D eigenvalue weighted by Gasteiger charge is -2.25. The number of carbonyl (C=O) groups excluding carboxylic acids is 2. The van der Waals surface area contributed by atoms with E-state index in [0.717, 1.165) is 28.8 Å². The molecule has 0 saturated heterocycles. The van der Waals surface area contributed by atoms with Crippen LogP contribution in [-0.4, -0.2) is 18.4 Å². The van der Waals surface area contributed by atoms with Gasteiger partial charge in [-0.05, 0) is 37.0 Å². The van der Waals surface area contributed by atoms with Crippen molar-refractivity contribution in [1.82, 2.24) is 5.32 Å². The second-order valence-corrected chi connectivity index (χ2v) is 6.30. The largest absolute Gasteiger partial charge is 0.350 e. The molecule has 132 valence electrons. The number of para-hydroxylation sites is 1. The summed E-state index contributed by atoms with van der Waals surface area (Å²) < 4.78 is 0. The summed E-state index contributed by atoms with van der Waals surface area (Å²) in [6.07, 6.45) is 0.811. The predicted octanol–water partition coefficient (Wildman–Crippen LogP) is 3.54. The van der Waals surface area contributed by atoms with E-state index in [2.05, 4.69) is 5.32 Å². The molecule has 1 N–H and O–H groups in total. The first-order valence-electron chi connectivity index (χ1n) is 8.61. The Balaban J connectivity index is 2.10. The maximum Gasteiger partial charge on any atom is 0.240 e. The summed E-state index contributed by atoms with van der Waals surface area (Å²) in [7, 11) is 0. The van der Waals surface area contributed by atoms with E-state index >= 15 is 0 Å². The topological polar surface area (TPSA) is 49.4 Å². The molecule has 0 spiro atoms. The molecule has 2 aromatic rings. The van der Waals surface area contributed by atoms with Gasteiger partial charge in [0, 0.05) is 13.5 Å². The van der Waals surface area contributed by atoms with Crippen molar-refractivity contribution in [2.45, 2.75) is 40.7 Å². The van der Waals surface area contributed by atoms with Gasteiger partial charge in [0.1, 0.15) is 6.54 Å². The first kappa shape index (κ1) is 18.7. The minimum atomic E-state index is -0.166. The van der Waals surface area contributed by atoms with Crippen LogP contribution < -0.4 is 10.2 Å². The molecule has 0 aliphatic heterocycles. The van der Waals surface area contributed by atoms with Crippen molar-refractivity contribution < 1.29 is 9.59 Å². The van der Waals surface area contributed by atoms with E-state index in [1.807, 2.05) is 63.2 Å². The number of anilines is 1. The minimum Gasteiger partial charge on any atom is -0.350 e. The van der Waals surface area contributed by atoms with E-state index in [9.17, 15) is 9.59 Å². The quantitative estimate of drug-likeness (QED) is 0.876. The van der Waals surface area contributed by atoms with Crippen LogP contribution in [0.3, 0.4) is 0 Å². The fourth-order valence-corrected chi connectivity index (χ4v) is 2.85. The maximum absolute atomic E-state index is 12.4. The molecule has 0 bridgehead atoms. The summed E-state index contributed by atoms with van der Waals surface area (Å²) in [6.45, 7) is 8.03. The van der Waals surface area contributed by atoms with Gasteiger partial charge in [-0.1, -0.05) is 55.0 Å². The minimum absolute atomic E-state index is 0.0268. The van der Waals surface area contributed by atoms with E-state index in [4.69, 9.17) is 0 Å². The van der Waals surface area contributed by atoms with Gasteiger partial charge in [0.15, 0.2) is 0 Å². The monoisotopic (exact) mass is 338 g/mol. The van der Waals surface area contributed by atoms with Crippen LogP contribution in [0, 0.1) is 13.8 Å². The fourth-order valence-electron chi connectivity index (χ4n) is 2.85. The van der Waals surface area contributed by atoms with E-state index in [0.29, 0.717) is 6.54 Å². The number of hydrogen-bond donors (Lipinski definition) is 1. The Bertz CT molecular complexity index is 751. The number of nitrogens with one attached hydrogen (secondary N) is 1. The summed E-state index contributed by atoms with van der Waals surface area (Å²) in [5.74, 6) is -0.296. The molecule has 2 rings (SSSR count). The smallest absolute Gasteiger partial charge is 0.240 e. The lowest BCUT2D eigenvalue weighted by atomic mass is 10.0. The van der Waals surface area contributed by atoms with Gasteiger partial charge in [-0.2, -0.15) is 0 Å². The average molecular weight is 338 g/mol. The molecular weight excluding hydrogens is 312 g/mol. The highest BCUT2D eigenvalue weighted by Crippen LogP contribution is 2.25. The Morgan fingerprint density at radius 2 is 1.72 bits per heavy atom. The standard InChI is InChI=1S/C21H26N2O2/c1-5-19-8-6-7-16(3)21(19)23(17(4)24)14-20(25)22-13-18-11-9-15(2)10-12-18/h6-12H,5,13-14H2,1-4H3,(H,22,25). The molecule has 0 atom stereocenters. The molecule has 0 fully saturated rings. The van der Waals surface area contributed by atoms with Crippen LogP contribution >= 0.6 is 0 Å². The molecule has 0 aromatic heterocycles. The molecule has 0 radical (unpaired) electrons. The molecule has 0 aliphatic rings. The molecular formula is C21H26N2O2. The lowest BCUT2D eigenvalue weighted by Crippen LogP contribution is -2.40. The maximum atomic E-state index is 12.4. The first-order chi connectivity index (χ1) is 11.9. The first-order valence-corrected chi connectivity index (χ1v) is 8.61. The summed E-state index contributed by atoms with van der Waals surface area (Å²) in [5, 5.41) is 2.90. The zero-order valence-corrected chi connectivity index (χ0v) is 15.4. The second-order valence-electron chi connectivity index (χ2n) is 6.30. The summed E-state index contributed by atoms with van der Waals surface area (Å²) >= 11 is 0. The number of benzene rings is 2. The molecule has 0 heterocycles. The number of hydrogen-bond acceptors (Lipinski definition) is 2. The van der Waals surface area contributed by atoms with Crippen molar-refractivity contribution in [1.29, 1.82) is 0 Å². The van der Waals surface area contributed by atoms with Crippen LogP contribution in [0.15, 0.2) is 42.5 Å². The summed E-state index contributed by atoms with van der Waals surface area (Å²) in [5.41, 5.74) is 5.15. The van der Waals surface area contributed by atoms with E-state index in [-0.39, 0.29) is 18.4 Å². The Labute approximate surface area is 149 Å². The fraction of sp³-hybridized carbons (Fsp3) is 0.333. The van der Waals surface area contributed by atoms with Crippen LogP contribution in [0.2, 0.25) is 0 Å². The highest BCUT2D eigenvalue weighted by atomic mass is 16.2. The Kier molecular flexibility index (Phi) is 6.34. The van der Waals surface area contributed by atoms with Crippen molar-refractivity contribution in [3.05, 3.63) is 64.7 Å². The normalized spacial score (nSPS) is 10.4. The Morgan fingerprint density at radius 1 is 1.04 bits per heavy atom. The van der Waals surface area contributed by atoms with E-state index in [1.165, 1.54) is 12.5 Å². The molecule has 0 saturated carbocycles. The third kappa shape index (κ3) is 4.92. The van der Waals surface area contributed by atoms with Crippen LogP contribution in [0.25, 0.3) is 0 Å². The van der Waals surface area contributed by atoms with Crippen LogP contribution in [-0.2, 0) is 22.6 Å². The molecule has 4 nitrogen and oxygen atoms in total. The third-order valence-electron chi connectivity index (χ3n) is 4.26. The molecule has 2 amide bonds. The van der Waals surface area contributed by atoms with E-state index in [1.54, 1.807) is 4.90 Å². The SMILES string of the molecule is CCc1cccc(C)c1N(CC(=O)NCc1ccc(C)cc1)C(C)=O. The Morgan fingerprint density at radius 3 is 2.32 bits per heavy atom. The Hall–Kier alpha value is -2.62. The molecule has 4 heteroatoms. The van der Waals surface area contributed by atoms with Crippen LogP contribution in [0.4, 0.5) is 5.69 Å². The number of nitrogens with zero attached hydrogens (tertiary/aromatic N) is 1. The average Bonchev–Trinajstić information content (AvgIpc) is 2.59. The summed E-state index contributed by atoms with van der Waals surface area (Å²) in [6, 6.07) is 14.0. The van der Waals surface area contributed by atoms with Crippen LogP contribution in [0.1, 0.15) is 36.1 Å². The highest BCUT2D eigenvalue weighted by molar-refractivity contribution is 5.98. The summed E-state index contributed by atoms with van der Waals surface area (Å²) in [4.78, 5) is 26.1.